The van der Waals surface area contributed by atoms with Gasteiger partial charge in [0.15, 0.2) is 0 Å². The fraction of sp³-hybridized carbons (Fsp3) is 0.278. The average molecular weight is 376 g/mol. The molecule has 0 saturated carbocycles. The molecule has 0 atom stereocenters. The van der Waals surface area contributed by atoms with Crippen molar-refractivity contribution in [3.05, 3.63) is 53.2 Å². The molecule has 136 valence electrons. The standard InChI is InChI=1S/C18H18ClN3O4/c1-11(2)22-15-6-5-12(8-14(15)20-18(22)19)17(25)21(10-16(23)24)9-13-4-3-7-26-13/h3-8,11H,9-10H2,1-2H3,(H,23,24). The Morgan fingerprint density at radius 3 is 2.73 bits per heavy atom. The van der Waals surface area contributed by atoms with E-state index in [9.17, 15) is 9.59 Å². The molecule has 1 aromatic carbocycles. The van der Waals surface area contributed by atoms with Gasteiger partial charge >= 0.3 is 5.97 Å². The average Bonchev–Trinajstić information content (AvgIpc) is 3.18. The van der Waals surface area contributed by atoms with Gasteiger partial charge in [0.1, 0.15) is 12.3 Å². The largest absolute Gasteiger partial charge is 0.480 e. The Balaban J connectivity index is 1.94. The van der Waals surface area contributed by atoms with E-state index in [1.54, 1.807) is 30.3 Å². The molecule has 26 heavy (non-hydrogen) atoms. The zero-order valence-electron chi connectivity index (χ0n) is 14.3. The summed E-state index contributed by atoms with van der Waals surface area (Å²) >= 11 is 6.19. The molecule has 0 radical (unpaired) electrons. The molecule has 0 aliphatic carbocycles. The summed E-state index contributed by atoms with van der Waals surface area (Å²) in [6.45, 7) is 3.62. The monoisotopic (exact) mass is 375 g/mol. The van der Waals surface area contributed by atoms with E-state index in [-0.39, 0.29) is 12.6 Å². The van der Waals surface area contributed by atoms with Crippen molar-refractivity contribution in [3.8, 4) is 0 Å². The van der Waals surface area contributed by atoms with Crippen LogP contribution in [0.1, 0.15) is 36.0 Å². The molecular formula is C18H18ClN3O4. The number of halogens is 1. The summed E-state index contributed by atoms with van der Waals surface area (Å²) in [7, 11) is 0. The summed E-state index contributed by atoms with van der Waals surface area (Å²) in [6.07, 6.45) is 1.48. The predicted molar refractivity (Wildman–Crippen MR) is 96.2 cm³/mol. The van der Waals surface area contributed by atoms with Crippen LogP contribution in [-0.4, -0.2) is 38.0 Å². The van der Waals surface area contributed by atoms with Crippen molar-refractivity contribution in [1.29, 1.82) is 0 Å². The van der Waals surface area contributed by atoms with E-state index in [2.05, 4.69) is 4.98 Å². The first-order valence-corrected chi connectivity index (χ1v) is 8.45. The summed E-state index contributed by atoms with van der Waals surface area (Å²) < 4.78 is 7.09. The van der Waals surface area contributed by atoms with Crippen molar-refractivity contribution in [1.82, 2.24) is 14.5 Å². The Labute approximate surface area is 154 Å². The Kier molecular flexibility index (Phi) is 4.99. The van der Waals surface area contributed by atoms with Crippen molar-refractivity contribution >= 4 is 34.5 Å². The van der Waals surface area contributed by atoms with Crippen LogP contribution in [0.3, 0.4) is 0 Å². The molecule has 0 aliphatic rings. The number of carbonyl (C=O) groups is 2. The molecule has 1 N–H and O–H groups in total. The molecular weight excluding hydrogens is 358 g/mol. The number of hydrogen-bond acceptors (Lipinski definition) is 4. The molecule has 0 bridgehead atoms. The fourth-order valence-electron chi connectivity index (χ4n) is 2.83. The normalized spacial score (nSPS) is 11.2. The lowest BCUT2D eigenvalue weighted by molar-refractivity contribution is -0.137. The van der Waals surface area contributed by atoms with E-state index >= 15 is 0 Å². The summed E-state index contributed by atoms with van der Waals surface area (Å²) in [5.74, 6) is -1.01. The Morgan fingerprint density at radius 2 is 2.12 bits per heavy atom. The van der Waals surface area contributed by atoms with Gasteiger partial charge in [-0.15, -0.1) is 0 Å². The van der Waals surface area contributed by atoms with Crippen molar-refractivity contribution in [2.75, 3.05) is 6.54 Å². The molecule has 0 unspecified atom stereocenters. The highest BCUT2D eigenvalue weighted by atomic mass is 35.5. The van der Waals surface area contributed by atoms with Crippen LogP contribution >= 0.6 is 11.6 Å². The van der Waals surface area contributed by atoms with Gasteiger partial charge in [-0.1, -0.05) is 0 Å². The number of aromatic nitrogens is 2. The van der Waals surface area contributed by atoms with E-state index in [4.69, 9.17) is 21.1 Å². The van der Waals surface area contributed by atoms with Crippen LogP contribution in [0.25, 0.3) is 11.0 Å². The highest BCUT2D eigenvalue weighted by molar-refractivity contribution is 6.29. The van der Waals surface area contributed by atoms with Crippen molar-refractivity contribution in [2.45, 2.75) is 26.4 Å². The minimum absolute atomic E-state index is 0.0668. The molecule has 0 saturated heterocycles. The lowest BCUT2D eigenvalue weighted by atomic mass is 10.1. The number of rotatable bonds is 6. The minimum Gasteiger partial charge on any atom is -0.480 e. The predicted octanol–water partition coefficient (Wildman–Crippen LogP) is 3.59. The number of carbonyl (C=O) groups excluding carboxylic acids is 1. The molecule has 7 nitrogen and oxygen atoms in total. The van der Waals surface area contributed by atoms with E-state index in [1.807, 2.05) is 18.4 Å². The number of fused-ring (bicyclic) bond motifs is 1. The maximum absolute atomic E-state index is 12.8. The number of furan rings is 1. The zero-order valence-corrected chi connectivity index (χ0v) is 15.1. The first-order valence-electron chi connectivity index (χ1n) is 8.07. The van der Waals surface area contributed by atoms with Gasteiger partial charge in [0, 0.05) is 11.6 Å². The van der Waals surface area contributed by atoms with Gasteiger partial charge in [0.25, 0.3) is 5.91 Å². The second-order valence-electron chi connectivity index (χ2n) is 6.18. The van der Waals surface area contributed by atoms with Crippen LogP contribution < -0.4 is 0 Å². The van der Waals surface area contributed by atoms with E-state index in [1.165, 1.54) is 11.2 Å². The summed E-state index contributed by atoms with van der Waals surface area (Å²) in [6, 6.07) is 8.54. The first-order chi connectivity index (χ1) is 12.4. The van der Waals surface area contributed by atoms with Crippen molar-refractivity contribution in [2.24, 2.45) is 0 Å². The van der Waals surface area contributed by atoms with E-state index in [0.717, 1.165) is 5.52 Å². The molecule has 0 fully saturated rings. The topological polar surface area (TPSA) is 88.6 Å². The van der Waals surface area contributed by atoms with Crippen molar-refractivity contribution < 1.29 is 19.1 Å². The van der Waals surface area contributed by atoms with E-state index < -0.39 is 18.4 Å². The third-order valence-corrected chi connectivity index (χ3v) is 4.22. The smallest absolute Gasteiger partial charge is 0.323 e. The molecule has 2 aromatic heterocycles. The number of imidazole rings is 1. The SMILES string of the molecule is CC(C)n1c(Cl)nc2cc(C(=O)N(CC(=O)O)Cc3ccco3)ccc21. The van der Waals surface area contributed by atoms with Gasteiger partial charge in [-0.05, 0) is 55.8 Å². The van der Waals surface area contributed by atoms with Crippen LogP contribution in [0.5, 0.6) is 0 Å². The summed E-state index contributed by atoms with van der Waals surface area (Å²) in [5, 5.41) is 9.47. The second-order valence-corrected chi connectivity index (χ2v) is 6.52. The fourth-order valence-corrected chi connectivity index (χ4v) is 3.21. The number of carboxylic acid groups (broad SMARTS) is 1. The lowest BCUT2D eigenvalue weighted by Crippen LogP contribution is -2.35. The summed E-state index contributed by atoms with van der Waals surface area (Å²) in [5.41, 5.74) is 1.75. The molecule has 0 aliphatic heterocycles. The van der Waals surface area contributed by atoms with Crippen LogP contribution in [0.4, 0.5) is 0 Å². The van der Waals surface area contributed by atoms with Crippen LogP contribution in [0.2, 0.25) is 5.28 Å². The maximum atomic E-state index is 12.8. The molecule has 0 spiro atoms. The number of hydrogen-bond donors (Lipinski definition) is 1. The number of nitrogens with zero attached hydrogens (tertiary/aromatic N) is 3. The van der Waals surface area contributed by atoms with Gasteiger partial charge in [0.05, 0.1) is 23.8 Å². The Bertz CT molecular complexity index is 947. The number of aliphatic carboxylic acids is 1. The molecule has 3 rings (SSSR count). The van der Waals surface area contributed by atoms with Crippen LogP contribution in [0, 0.1) is 0 Å². The lowest BCUT2D eigenvalue weighted by Gasteiger charge is -2.19. The Morgan fingerprint density at radius 1 is 1.35 bits per heavy atom. The summed E-state index contributed by atoms with van der Waals surface area (Å²) in [4.78, 5) is 29.5. The number of amides is 1. The highest BCUT2D eigenvalue weighted by Crippen LogP contribution is 2.25. The second kappa shape index (κ2) is 7.21. The van der Waals surface area contributed by atoms with Crippen molar-refractivity contribution in [3.63, 3.8) is 0 Å². The minimum atomic E-state index is -1.10. The van der Waals surface area contributed by atoms with Gasteiger partial charge in [-0.2, -0.15) is 0 Å². The molecule has 2 heterocycles. The third-order valence-electron chi connectivity index (χ3n) is 3.95. The molecule has 3 aromatic rings. The highest BCUT2D eigenvalue weighted by Gasteiger charge is 2.21. The molecule has 1 amide bonds. The van der Waals surface area contributed by atoms with Gasteiger partial charge < -0.3 is 19.0 Å². The van der Waals surface area contributed by atoms with Gasteiger partial charge in [-0.3, -0.25) is 9.59 Å². The van der Waals surface area contributed by atoms with Gasteiger partial charge in [0.2, 0.25) is 5.28 Å². The number of carboxylic acids is 1. The van der Waals surface area contributed by atoms with Crippen LogP contribution in [0.15, 0.2) is 41.0 Å². The van der Waals surface area contributed by atoms with Gasteiger partial charge in [-0.25, -0.2) is 4.98 Å². The quantitative estimate of drug-likeness (QED) is 0.711. The van der Waals surface area contributed by atoms with E-state index in [0.29, 0.717) is 22.1 Å². The first kappa shape index (κ1) is 18.0. The van der Waals surface area contributed by atoms with Crippen LogP contribution in [-0.2, 0) is 11.3 Å². The molecule has 8 heteroatoms. The third kappa shape index (κ3) is 3.57. The maximum Gasteiger partial charge on any atom is 0.323 e. The Hall–Kier alpha value is -2.80. The number of benzene rings is 1. The zero-order chi connectivity index (χ0) is 18.8.